The van der Waals surface area contributed by atoms with Gasteiger partial charge in [0.05, 0.1) is 13.2 Å². The summed E-state index contributed by atoms with van der Waals surface area (Å²) in [5.74, 6) is -0.914. The number of nitrogens with one attached hydrogen (secondary N) is 1. The van der Waals surface area contributed by atoms with Crippen LogP contribution in [0.4, 0.5) is 0 Å². The Morgan fingerprint density at radius 3 is 2.43 bits per heavy atom. The highest BCUT2D eigenvalue weighted by molar-refractivity contribution is 6.13. The van der Waals surface area contributed by atoms with Gasteiger partial charge >= 0.3 is 0 Å². The second kappa shape index (κ2) is 15.4. The summed E-state index contributed by atoms with van der Waals surface area (Å²) in [7, 11) is 0. The maximum atomic E-state index is 11.8. The first-order valence-electron chi connectivity index (χ1n) is 10.4. The molecule has 3 amide bonds. The van der Waals surface area contributed by atoms with E-state index in [2.05, 4.69) is 5.32 Å². The lowest BCUT2D eigenvalue weighted by atomic mass is 10.1. The summed E-state index contributed by atoms with van der Waals surface area (Å²) in [6.07, 6.45) is 6.89. The Morgan fingerprint density at radius 2 is 1.73 bits per heavy atom. The largest absolute Gasteiger partial charge is 0.379 e. The average molecular weight is 424 g/mol. The molecule has 30 heavy (non-hydrogen) atoms. The Balaban J connectivity index is 1.88. The fourth-order valence-electron chi connectivity index (χ4n) is 2.71. The molecule has 9 nitrogen and oxygen atoms in total. The van der Waals surface area contributed by atoms with E-state index in [1.54, 1.807) is 0 Å². The molecule has 0 aromatic rings. The van der Waals surface area contributed by atoms with Crippen molar-refractivity contribution >= 4 is 29.8 Å². The maximum absolute atomic E-state index is 11.8. The van der Waals surface area contributed by atoms with Gasteiger partial charge in [0.25, 0.3) is 11.8 Å². The molecule has 1 heterocycles. The molecule has 0 bridgehead atoms. The first-order valence-corrected chi connectivity index (χ1v) is 10.4. The summed E-state index contributed by atoms with van der Waals surface area (Å²) < 4.78 is 10.6. The quantitative estimate of drug-likeness (QED) is 0.196. The van der Waals surface area contributed by atoms with Crippen molar-refractivity contribution in [1.82, 2.24) is 10.2 Å². The lowest BCUT2D eigenvalue weighted by Gasteiger charge is -2.12. The topological polar surface area (TPSA) is 119 Å². The lowest BCUT2D eigenvalue weighted by molar-refractivity contribution is -0.137. The van der Waals surface area contributed by atoms with Crippen LogP contribution in [0.3, 0.4) is 0 Å². The predicted molar refractivity (Wildman–Crippen MR) is 108 cm³/mol. The van der Waals surface area contributed by atoms with Gasteiger partial charge in [0.2, 0.25) is 5.91 Å². The van der Waals surface area contributed by atoms with Crippen molar-refractivity contribution in [2.24, 2.45) is 5.92 Å². The minimum Gasteiger partial charge on any atom is -0.379 e. The van der Waals surface area contributed by atoms with Gasteiger partial charge in [-0.3, -0.25) is 24.1 Å². The van der Waals surface area contributed by atoms with Gasteiger partial charge < -0.3 is 19.6 Å². The van der Waals surface area contributed by atoms with E-state index in [-0.39, 0.29) is 55.6 Å². The summed E-state index contributed by atoms with van der Waals surface area (Å²) in [6, 6.07) is 0. The van der Waals surface area contributed by atoms with Crippen LogP contribution in [0.5, 0.6) is 0 Å². The number of Topliss-reactive ketones (excluding diaryl/α,β-unsaturated/α-hetero) is 1. The van der Waals surface area contributed by atoms with Crippen molar-refractivity contribution in [3.8, 4) is 0 Å². The van der Waals surface area contributed by atoms with Crippen LogP contribution in [0.1, 0.15) is 45.4 Å². The fraction of sp³-hybridized carbons (Fsp3) is 0.667. The van der Waals surface area contributed by atoms with Crippen LogP contribution in [0.2, 0.25) is 0 Å². The number of nitrogens with zero attached hydrogens (tertiary/aromatic N) is 1. The summed E-state index contributed by atoms with van der Waals surface area (Å²) in [4.78, 5) is 57.7. The Kier molecular flexibility index (Phi) is 13.2. The SMILES string of the molecule is CC(C=O)CCCCNC(=O)COCCOCCCC(=O)CCN1C(=O)C=CC1=O. The van der Waals surface area contributed by atoms with Gasteiger partial charge in [0, 0.05) is 50.6 Å². The third kappa shape index (κ3) is 11.6. The van der Waals surface area contributed by atoms with Gasteiger partial charge in [-0.15, -0.1) is 0 Å². The first kappa shape index (κ1) is 25.6. The lowest BCUT2D eigenvalue weighted by Crippen LogP contribution is -2.32. The average Bonchev–Trinajstić information content (AvgIpc) is 3.05. The van der Waals surface area contributed by atoms with E-state index in [4.69, 9.17) is 9.47 Å². The second-order valence-corrected chi connectivity index (χ2v) is 7.18. The number of imide groups is 1. The van der Waals surface area contributed by atoms with E-state index in [0.717, 1.165) is 30.4 Å². The van der Waals surface area contributed by atoms with Crippen LogP contribution in [0.15, 0.2) is 12.2 Å². The maximum Gasteiger partial charge on any atom is 0.253 e. The van der Waals surface area contributed by atoms with E-state index in [0.29, 0.717) is 32.6 Å². The number of unbranched alkanes of at least 4 members (excludes halogenated alkanes) is 1. The van der Waals surface area contributed by atoms with E-state index in [1.165, 1.54) is 12.2 Å². The van der Waals surface area contributed by atoms with Crippen molar-refractivity contribution in [3.05, 3.63) is 12.2 Å². The van der Waals surface area contributed by atoms with E-state index < -0.39 is 0 Å². The van der Waals surface area contributed by atoms with Gasteiger partial charge in [-0.25, -0.2) is 0 Å². The molecule has 1 aliphatic rings. The zero-order valence-corrected chi connectivity index (χ0v) is 17.6. The van der Waals surface area contributed by atoms with Crippen LogP contribution in [-0.2, 0) is 33.4 Å². The third-order valence-corrected chi connectivity index (χ3v) is 4.50. The Hall–Kier alpha value is -2.39. The fourth-order valence-corrected chi connectivity index (χ4v) is 2.71. The number of carbonyl (C=O) groups is 5. The zero-order valence-electron chi connectivity index (χ0n) is 17.6. The van der Waals surface area contributed by atoms with E-state index in [1.807, 2.05) is 6.92 Å². The Morgan fingerprint density at radius 1 is 1.03 bits per heavy atom. The van der Waals surface area contributed by atoms with Crippen LogP contribution < -0.4 is 5.32 Å². The Bertz CT molecular complexity index is 600. The van der Waals surface area contributed by atoms with Crippen molar-refractivity contribution in [2.45, 2.75) is 45.4 Å². The van der Waals surface area contributed by atoms with E-state index in [9.17, 15) is 24.0 Å². The molecule has 0 saturated carbocycles. The zero-order chi connectivity index (χ0) is 22.2. The van der Waals surface area contributed by atoms with Crippen molar-refractivity contribution in [1.29, 1.82) is 0 Å². The summed E-state index contributed by atoms with van der Waals surface area (Å²) in [5, 5.41) is 2.76. The molecule has 0 aromatic heterocycles. The molecule has 0 aromatic carbocycles. The molecule has 9 heteroatoms. The number of ether oxygens (including phenoxy) is 2. The van der Waals surface area contributed by atoms with Gasteiger partial charge in [-0.2, -0.15) is 0 Å². The molecule has 0 radical (unpaired) electrons. The van der Waals surface area contributed by atoms with Gasteiger partial charge in [-0.1, -0.05) is 13.3 Å². The molecule has 0 aliphatic carbocycles. The molecule has 1 rings (SSSR count). The smallest absolute Gasteiger partial charge is 0.253 e. The summed E-state index contributed by atoms with van der Waals surface area (Å²) in [5.41, 5.74) is 0. The van der Waals surface area contributed by atoms with Crippen LogP contribution >= 0.6 is 0 Å². The number of hydrogen-bond donors (Lipinski definition) is 1. The minimum absolute atomic E-state index is 0.0281. The molecule has 1 atom stereocenters. The molecule has 1 aliphatic heterocycles. The molecule has 0 spiro atoms. The number of rotatable bonds is 18. The summed E-state index contributed by atoms with van der Waals surface area (Å²) >= 11 is 0. The molecular formula is C21H32N2O7. The van der Waals surface area contributed by atoms with Crippen molar-refractivity contribution in [2.75, 3.05) is 39.5 Å². The number of ketones is 1. The monoisotopic (exact) mass is 424 g/mol. The highest BCUT2D eigenvalue weighted by Crippen LogP contribution is 2.06. The molecule has 0 saturated heterocycles. The highest BCUT2D eigenvalue weighted by atomic mass is 16.5. The molecule has 1 N–H and O–H groups in total. The molecule has 1 unspecified atom stereocenters. The van der Waals surface area contributed by atoms with Crippen molar-refractivity contribution in [3.63, 3.8) is 0 Å². The van der Waals surface area contributed by atoms with Gasteiger partial charge in [0.1, 0.15) is 18.7 Å². The molecule has 0 fully saturated rings. The van der Waals surface area contributed by atoms with Gasteiger partial charge in [-0.05, 0) is 19.3 Å². The van der Waals surface area contributed by atoms with Gasteiger partial charge in [0.15, 0.2) is 0 Å². The number of aldehydes is 1. The van der Waals surface area contributed by atoms with E-state index >= 15 is 0 Å². The standard InChI is InChI=1S/C21H32N2O7/c1-17(15-24)5-2-3-10-22-19(26)16-30-14-13-29-12-4-6-18(25)9-11-23-20(27)7-8-21(23)28/h7-8,15,17H,2-6,9-14,16H2,1H3,(H,22,26). The number of amides is 3. The molecule has 168 valence electrons. The summed E-state index contributed by atoms with van der Waals surface area (Å²) in [6.45, 7) is 3.52. The molecular weight excluding hydrogens is 392 g/mol. The van der Waals surface area contributed by atoms with Crippen LogP contribution in [0, 0.1) is 5.92 Å². The van der Waals surface area contributed by atoms with Crippen LogP contribution in [0.25, 0.3) is 0 Å². The third-order valence-electron chi connectivity index (χ3n) is 4.50. The van der Waals surface area contributed by atoms with Crippen molar-refractivity contribution < 1.29 is 33.4 Å². The minimum atomic E-state index is -0.381. The first-order chi connectivity index (χ1) is 14.4. The Labute approximate surface area is 177 Å². The highest BCUT2D eigenvalue weighted by Gasteiger charge is 2.23. The number of carbonyl (C=O) groups excluding carboxylic acids is 5. The second-order valence-electron chi connectivity index (χ2n) is 7.18. The predicted octanol–water partition coefficient (Wildman–Crippen LogP) is 0.806. The number of hydrogen-bond acceptors (Lipinski definition) is 7. The normalized spacial score (nSPS) is 14.2. The van der Waals surface area contributed by atoms with Crippen LogP contribution in [-0.4, -0.2) is 74.2 Å².